The Bertz CT molecular complexity index is 637. The van der Waals surface area contributed by atoms with E-state index in [1.807, 2.05) is 0 Å². The molecule has 92 valence electrons. The smallest absolute Gasteiger partial charge is 0.258 e. The summed E-state index contributed by atoms with van der Waals surface area (Å²) < 4.78 is 38.6. The van der Waals surface area contributed by atoms with E-state index in [1.165, 1.54) is 23.2 Å². The molecule has 0 spiro atoms. The first-order valence-electron chi connectivity index (χ1n) is 5.14. The van der Waals surface area contributed by atoms with Gasteiger partial charge in [-0.3, -0.25) is 9.88 Å². The van der Waals surface area contributed by atoms with Crippen LogP contribution in [0.25, 0.3) is 10.9 Å². The molecule has 0 radical (unpaired) electrons. The van der Waals surface area contributed by atoms with Crippen LogP contribution in [-0.4, -0.2) is 11.3 Å². The number of hydrogen-bond donors (Lipinski definition) is 0. The zero-order chi connectivity index (χ0) is 12.8. The summed E-state index contributed by atoms with van der Waals surface area (Å²) in [7, 11) is 0. The number of rotatable bonds is 0. The van der Waals surface area contributed by atoms with E-state index in [1.54, 1.807) is 24.4 Å². The highest BCUT2D eigenvalue weighted by Crippen LogP contribution is 2.42. The molecule has 18 heavy (non-hydrogen) atoms. The standard InChI is InChI=1S/C12H7F3N2S/c13-12(14,15)17-4-5-18-11-7-9-8(6-10(11)17)2-1-3-16-9/h1-7H. The van der Waals surface area contributed by atoms with Crippen molar-refractivity contribution in [2.24, 2.45) is 0 Å². The van der Waals surface area contributed by atoms with Gasteiger partial charge in [0.1, 0.15) is 0 Å². The molecule has 0 fully saturated rings. The highest BCUT2D eigenvalue weighted by molar-refractivity contribution is 8.02. The second kappa shape index (κ2) is 3.91. The Kier molecular flexibility index (Phi) is 2.48. The van der Waals surface area contributed by atoms with Crippen LogP contribution in [0.4, 0.5) is 18.9 Å². The topological polar surface area (TPSA) is 16.1 Å². The first-order chi connectivity index (χ1) is 8.55. The largest absolute Gasteiger partial charge is 0.488 e. The van der Waals surface area contributed by atoms with Crippen LogP contribution >= 0.6 is 11.8 Å². The van der Waals surface area contributed by atoms with Crippen molar-refractivity contribution in [1.82, 2.24) is 4.98 Å². The highest BCUT2D eigenvalue weighted by atomic mass is 32.2. The van der Waals surface area contributed by atoms with Crippen LogP contribution in [0, 0.1) is 0 Å². The van der Waals surface area contributed by atoms with Gasteiger partial charge in [0, 0.05) is 22.7 Å². The van der Waals surface area contributed by atoms with Gasteiger partial charge in [0.05, 0.1) is 11.2 Å². The van der Waals surface area contributed by atoms with Gasteiger partial charge >= 0.3 is 6.30 Å². The SMILES string of the molecule is FC(F)(F)N1C=CSc2cc3ncccc3cc21. The molecular weight excluding hydrogens is 261 g/mol. The first-order valence-corrected chi connectivity index (χ1v) is 6.02. The quantitative estimate of drug-likeness (QED) is 0.668. The van der Waals surface area contributed by atoms with Crippen LogP contribution < -0.4 is 4.90 Å². The molecule has 0 atom stereocenters. The van der Waals surface area contributed by atoms with E-state index in [4.69, 9.17) is 0 Å². The molecule has 1 aromatic carbocycles. The van der Waals surface area contributed by atoms with E-state index in [-0.39, 0.29) is 5.69 Å². The Labute approximate surface area is 105 Å². The van der Waals surface area contributed by atoms with Gasteiger partial charge in [-0.25, -0.2) is 0 Å². The summed E-state index contributed by atoms with van der Waals surface area (Å²) in [5.41, 5.74) is 0.844. The molecule has 0 bridgehead atoms. The van der Waals surface area contributed by atoms with Crippen molar-refractivity contribution in [3.05, 3.63) is 42.1 Å². The summed E-state index contributed by atoms with van der Waals surface area (Å²) in [5, 5.41) is 2.12. The van der Waals surface area contributed by atoms with Crippen molar-refractivity contribution in [3.8, 4) is 0 Å². The van der Waals surface area contributed by atoms with Crippen LogP contribution in [-0.2, 0) is 0 Å². The zero-order valence-corrected chi connectivity index (χ0v) is 9.79. The van der Waals surface area contributed by atoms with Crippen molar-refractivity contribution in [1.29, 1.82) is 0 Å². The molecule has 0 saturated heterocycles. The maximum absolute atomic E-state index is 12.9. The number of thioether (sulfide) groups is 1. The lowest BCUT2D eigenvalue weighted by Crippen LogP contribution is -2.34. The summed E-state index contributed by atoms with van der Waals surface area (Å²) in [6.07, 6.45) is -1.75. The van der Waals surface area contributed by atoms with Crippen molar-refractivity contribution in [3.63, 3.8) is 0 Å². The lowest BCUT2D eigenvalue weighted by molar-refractivity contribution is -0.122. The van der Waals surface area contributed by atoms with Crippen molar-refractivity contribution < 1.29 is 13.2 Å². The fourth-order valence-corrected chi connectivity index (χ4v) is 2.62. The van der Waals surface area contributed by atoms with Crippen molar-refractivity contribution in [2.75, 3.05) is 4.90 Å². The van der Waals surface area contributed by atoms with E-state index in [0.717, 1.165) is 6.20 Å². The fraction of sp³-hybridized carbons (Fsp3) is 0.0833. The minimum Gasteiger partial charge on any atom is -0.258 e. The molecule has 0 unspecified atom stereocenters. The average Bonchev–Trinajstić information content (AvgIpc) is 2.34. The van der Waals surface area contributed by atoms with Crippen LogP contribution in [0.15, 0.2) is 47.0 Å². The van der Waals surface area contributed by atoms with Gasteiger partial charge < -0.3 is 0 Å². The molecule has 0 amide bonds. The molecular formula is C12H7F3N2S. The number of pyridine rings is 1. The summed E-state index contributed by atoms with van der Waals surface area (Å²) in [4.78, 5) is 5.02. The summed E-state index contributed by atoms with van der Waals surface area (Å²) >= 11 is 1.26. The predicted molar refractivity (Wildman–Crippen MR) is 65.3 cm³/mol. The number of fused-ring (bicyclic) bond motifs is 2. The Morgan fingerprint density at radius 2 is 2.06 bits per heavy atom. The second-order valence-corrected chi connectivity index (χ2v) is 4.70. The number of nitrogens with zero attached hydrogens (tertiary/aromatic N) is 2. The summed E-state index contributed by atoms with van der Waals surface area (Å²) in [5.74, 6) is 0. The monoisotopic (exact) mass is 268 g/mol. The molecule has 0 saturated carbocycles. The molecule has 1 aromatic heterocycles. The third kappa shape index (κ3) is 1.82. The van der Waals surface area contributed by atoms with Crippen molar-refractivity contribution >= 4 is 28.4 Å². The molecule has 2 nitrogen and oxygen atoms in total. The maximum atomic E-state index is 12.9. The first kappa shape index (κ1) is 11.4. The number of hydrogen-bond acceptors (Lipinski definition) is 3. The van der Waals surface area contributed by atoms with Gasteiger partial charge in [-0.15, -0.1) is 13.2 Å². The minimum atomic E-state index is -4.41. The minimum absolute atomic E-state index is 0.149. The Hall–Kier alpha value is -1.69. The number of halogens is 3. The van der Waals surface area contributed by atoms with Gasteiger partial charge in [0.15, 0.2) is 0 Å². The number of benzene rings is 1. The van der Waals surface area contributed by atoms with E-state index in [0.29, 0.717) is 20.7 Å². The lowest BCUT2D eigenvalue weighted by Gasteiger charge is -2.27. The van der Waals surface area contributed by atoms with E-state index >= 15 is 0 Å². The third-order valence-electron chi connectivity index (χ3n) is 2.62. The van der Waals surface area contributed by atoms with Gasteiger partial charge in [0.25, 0.3) is 0 Å². The number of anilines is 1. The van der Waals surface area contributed by atoms with Crippen LogP contribution in [0.5, 0.6) is 0 Å². The zero-order valence-electron chi connectivity index (χ0n) is 8.98. The summed E-state index contributed by atoms with van der Waals surface area (Å²) in [6.45, 7) is 0. The van der Waals surface area contributed by atoms with Crippen LogP contribution in [0.1, 0.15) is 0 Å². The fourth-order valence-electron chi connectivity index (χ4n) is 1.84. The van der Waals surface area contributed by atoms with Gasteiger partial charge in [-0.1, -0.05) is 17.8 Å². The van der Waals surface area contributed by atoms with E-state index in [2.05, 4.69) is 4.98 Å². The molecule has 1 aliphatic rings. The van der Waals surface area contributed by atoms with Gasteiger partial charge in [-0.2, -0.15) is 0 Å². The highest BCUT2D eigenvalue weighted by Gasteiger charge is 2.38. The molecule has 2 aromatic rings. The molecule has 0 aliphatic carbocycles. The van der Waals surface area contributed by atoms with Gasteiger partial charge in [0.2, 0.25) is 0 Å². The summed E-state index contributed by atoms with van der Waals surface area (Å²) in [6, 6.07) is 6.65. The van der Waals surface area contributed by atoms with E-state index in [9.17, 15) is 13.2 Å². The molecule has 0 N–H and O–H groups in total. The second-order valence-electron chi connectivity index (χ2n) is 3.76. The van der Waals surface area contributed by atoms with Crippen molar-refractivity contribution in [2.45, 2.75) is 11.2 Å². The Balaban J connectivity index is 2.22. The molecule has 6 heteroatoms. The predicted octanol–water partition coefficient (Wildman–Crippen LogP) is 4.14. The third-order valence-corrected chi connectivity index (χ3v) is 3.46. The Morgan fingerprint density at radius 1 is 1.22 bits per heavy atom. The van der Waals surface area contributed by atoms with E-state index < -0.39 is 6.30 Å². The van der Waals surface area contributed by atoms with Crippen LogP contribution in [0.3, 0.4) is 0 Å². The number of aromatic nitrogens is 1. The molecule has 2 heterocycles. The lowest BCUT2D eigenvalue weighted by atomic mass is 10.2. The maximum Gasteiger partial charge on any atom is 0.488 e. The number of alkyl halides is 3. The molecule has 3 rings (SSSR count). The Morgan fingerprint density at radius 3 is 2.83 bits per heavy atom. The normalized spacial score (nSPS) is 14.9. The molecule has 1 aliphatic heterocycles. The average molecular weight is 268 g/mol. The van der Waals surface area contributed by atoms with Crippen LogP contribution in [0.2, 0.25) is 0 Å². The van der Waals surface area contributed by atoms with Gasteiger partial charge in [-0.05, 0) is 23.6 Å².